The summed E-state index contributed by atoms with van der Waals surface area (Å²) in [7, 11) is 0. The van der Waals surface area contributed by atoms with Crippen molar-refractivity contribution in [2.75, 3.05) is 0 Å². The predicted molar refractivity (Wildman–Crippen MR) is 61.3 cm³/mol. The van der Waals surface area contributed by atoms with E-state index in [2.05, 4.69) is 31.2 Å². The summed E-state index contributed by atoms with van der Waals surface area (Å²) in [6, 6.07) is 0. The molecule has 0 aromatic carbocycles. The standard InChI is InChI=1S/C7H10.C6H7/c1-3-5-7-6-4-2;1-2-4-6-5-3-1/h3-7H,1H2,2H3;1-5H,6H2/b6-4-,7-5-;. The largest absolute Gasteiger partial charge is 0.0991 e. The zero-order chi connectivity index (χ0) is 9.78. The van der Waals surface area contributed by atoms with E-state index in [9.17, 15) is 0 Å². The molecule has 0 fully saturated rings. The van der Waals surface area contributed by atoms with Crippen LogP contribution in [0, 0.1) is 6.42 Å². The minimum atomic E-state index is 1.11. The first kappa shape index (κ1) is 11.7. The minimum Gasteiger partial charge on any atom is -0.0991 e. The fourth-order valence-electron chi connectivity index (χ4n) is 0.711. The summed E-state index contributed by atoms with van der Waals surface area (Å²) in [5.41, 5.74) is 0. The van der Waals surface area contributed by atoms with Gasteiger partial charge in [0.1, 0.15) is 0 Å². The van der Waals surface area contributed by atoms with E-state index in [-0.39, 0.29) is 0 Å². The molecule has 0 saturated carbocycles. The second-order valence-corrected chi connectivity index (χ2v) is 2.43. The van der Waals surface area contributed by atoms with Crippen LogP contribution < -0.4 is 0 Å². The maximum atomic E-state index is 3.51. The summed E-state index contributed by atoms with van der Waals surface area (Å²) < 4.78 is 0. The Balaban J connectivity index is 0.000000223. The molecule has 1 rings (SSSR count). The predicted octanol–water partition coefficient (Wildman–Crippen LogP) is 4.01. The van der Waals surface area contributed by atoms with Crippen LogP contribution in [0.2, 0.25) is 0 Å². The lowest BCUT2D eigenvalue weighted by atomic mass is 10.2. The van der Waals surface area contributed by atoms with Gasteiger partial charge in [0, 0.05) is 0 Å². The Morgan fingerprint density at radius 3 is 2.23 bits per heavy atom. The molecule has 1 aliphatic rings. The van der Waals surface area contributed by atoms with Crippen molar-refractivity contribution >= 4 is 0 Å². The van der Waals surface area contributed by atoms with Gasteiger partial charge in [-0.2, -0.15) is 0 Å². The topological polar surface area (TPSA) is 0 Å². The Morgan fingerprint density at radius 2 is 1.92 bits per heavy atom. The van der Waals surface area contributed by atoms with E-state index < -0.39 is 0 Å². The van der Waals surface area contributed by atoms with Crippen LogP contribution in [0.1, 0.15) is 13.3 Å². The van der Waals surface area contributed by atoms with Crippen molar-refractivity contribution in [3.05, 3.63) is 67.7 Å². The molecule has 0 atom stereocenters. The first-order valence-electron chi connectivity index (χ1n) is 4.47. The lowest BCUT2D eigenvalue weighted by molar-refractivity contribution is 1.27. The Hall–Kier alpha value is -1.30. The Kier molecular flexibility index (Phi) is 9.63. The first-order valence-corrected chi connectivity index (χ1v) is 4.47. The van der Waals surface area contributed by atoms with Gasteiger partial charge in [-0.05, 0) is 19.8 Å². The van der Waals surface area contributed by atoms with Crippen LogP contribution in [-0.2, 0) is 0 Å². The van der Waals surface area contributed by atoms with Gasteiger partial charge in [-0.1, -0.05) is 61.3 Å². The third-order valence-electron chi connectivity index (χ3n) is 1.32. The molecule has 0 saturated heterocycles. The third-order valence-corrected chi connectivity index (χ3v) is 1.32. The maximum Gasteiger partial charge on any atom is -0.0130 e. The van der Waals surface area contributed by atoms with Gasteiger partial charge < -0.3 is 0 Å². The van der Waals surface area contributed by atoms with Gasteiger partial charge in [-0.15, -0.1) is 0 Å². The number of rotatable bonds is 2. The summed E-state index contributed by atoms with van der Waals surface area (Å²) in [5, 5.41) is 0. The van der Waals surface area contributed by atoms with Crippen LogP contribution in [0.4, 0.5) is 0 Å². The van der Waals surface area contributed by atoms with Gasteiger partial charge in [0.2, 0.25) is 0 Å². The lowest BCUT2D eigenvalue weighted by Gasteiger charge is -1.87. The highest BCUT2D eigenvalue weighted by Gasteiger charge is 1.78. The molecule has 0 amide bonds. The van der Waals surface area contributed by atoms with Gasteiger partial charge in [0.05, 0.1) is 0 Å². The van der Waals surface area contributed by atoms with E-state index in [1.54, 1.807) is 6.08 Å². The highest BCUT2D eigenvalue weighted by Crippen LogP contribution is 1.96. The Labute approximate surface area is 81.7 Å². The smallest absolute Gasteiger partial charge is 0.0130 e. The average Bonchev–Trinajstić information content (AvgIpc) is 2.22. The van der Waals surface area contributed by atoms with E-state index in [1.807, 2.05) is 37.3 Å². The van der Waals surface area contributed by atoms with Crippen LogP contribution in [-0.4, -0.2) is 0 Å². The number of hydrogen-bond donors (Lipinski definition) is 0. The average molecular weight is 173 g/mol. The van der Waals surface area contributed by atoms with Crippen molar-refractivity contribution in [3.8, 4) is 0 Å². The van der Waals surface area contributed by atoms with Crippen molar-refractivity contribution in [3.63, 3.8) is 0 Å². The van der Waals surface area contributed by atoms with Crippen LogP contribution in [0.3, 0.4) is 0 Å². The third kappa shape index (κ3) is 10.7. The van der Waals surface area contributed by atoms with E-state index in [4.69, 9.17) is 0 Å². The van der Waals surface area contributed by atoms with Gasteiger partial charge in [0.25, 0.3) is 0 Å². The highest BCUT2D eigenvalue weighted by molar-refractivity contribution is 5.14. The maximum absolute atomic E-state index is 3.51. The molecule has 0 aliphatic heterocycles. The number of allylic oxidation sites excluding steroid dienone is 9. The SMILES string of the molecule is C=C/C=C\C=C/C.[CH]1C=CC=CC1. The molecule has 0 aromatic heterocycles. The summed E-state index contributed by atoms with van der Waals surface area (Å²) in [6.45, 7) is 5.49. The van der Waals surface area contributed by atoms with E-state index in [0.717, 1.165) is 6.42 Å². The van der Waals surface area contributed by atoms with Crippen LogP contribution >= 0.6 is 0 Å². The van der Waals surface area contributed by atoms with Crippen molar-refractivity contribution < 1.29 is 0 Å². The summed E-state index contributed by atoms with van der Waals surface area (Å²) in [5.74, 6) is 0. The summed E-state index contributed by atoms with van der Waals surface area (Å²) in [4.78, 5) is 0. The Bertz CT molecular complexity index is 202. The molecule has 1 aliphatic carbocycles. The molecule has 69 valence electrons. The number of hydrogen-bond acceptors (Lipinski definition) is 0. The van der Waals surface area contributed by atoms with Gasteiger partial charge in [0.15, 0.2) is 0 Å². The zero-order valence-corrected chi connectivity index (χ0v) is 8.19. The van der Waals surface area contributed by atoms with Crippen molar-refractivity contribution in [1.29, 1.82) is 0 Å². The van der Waals surface area contributed by atoms with Crippen LogP contribution in [0.25, 0.3) is 0 Å². The molecule has 0 heterocycles. The molecule has 0 heteroatoms. The molecule has 0 bridgehead atoms. The zero-order valence-electron chi connectivity index (χ0n) is 8.19. The quantitative estimate of drug-likeness (QED) is 0.553. The Morgan fingerprint density at radius 1 is 1.08 bits per heavy atom. The summed E-state index contributed by atoms with van der Waals surface area (Å²) in [6.07, 6.45) is 21.0. The molecule has 0 unspecified atom stereocenters. The summed E-state index contributed by atoms with van der Waals surface area (Å²) >= 11 is 0. The minimum absolute atomic E-state index is 1.11. The second-order valence-electron chi connectivity index (χ2n) is 2.43. The molecule has 0 N–H and O–H groups in total. The van der Waals surface area contributed by atoms with E-state index >= 15 is 0 Å². The van der Waals surface area contributed by atoms with Crippen molar-refractivity contribution in [2.24, 2.45) is 0 Å². The van der Waals surface area contributed by atoms with E-state index in [1.165, 1.54) is 0 Å². The molecular formula is C13H17. The van der Waals surface area contributed by atoms with E-state index in [0.29, 0.717) is 0 Å². The molecule has 0 nitrogen and oxygen atoms in total. The van der Waals surface area contributed by atoms with Crippen LogP contribution in [0.5, 0.6) is 0 Å². The monoisotopic (exact) mass is 173 g/mol. The molecule has 1 radical (unpaired) electrons. The fourth-order valence-corrected chi connectivity index (χ4v) is 0.711. The first-order chi connectivity index (χ1) is 6.41. The van der Waals surface area contributed by atoms with Gasteiger partial charge >= 0.3 is 0 Å². The van der Waals surface area contributed by atoms with Gasteiger partial charge in [-0.25, -0.2) is 0 Å². The normalized spacial score (nSPS) is 14.5. The lowest BCUT2D eigenvalue weighted by Crippen LogP contribution is -1.69. The van der Waals surface area contributed by atoms with Crippen molar-refractivity contribution in [2.45, 2.75) is 13.3 Å². The molecular weight excluding hydrogens is 156 g/mol. The molecule has 0 aromatic rings. The molecule has 0 spiro atoms. The second kappa shape index (κ2) is 10.7. The molecule has 13 heavy (non-hydrogen) atoms. The fraction of sp³-hybridized carbons (Fsp3) is 0.154. The van der Waals surface area contributed by atoms with Crippen molar-refractivity contribution in [1.82, 2.24) is 0 Å². The van der Waals surface area contributed by atoms with Crippen LogP contribution in [0.15, 0.2) is 61.3 Å². The highest BCUT2D eigenvalue weighted by atomic mass is 13.8. The van der Waals surface area contributed by atoms with Gasteiger partial charge in [-0.3, -0.25) is 0 Å².